The van der Waals surface area contributed by atoms with Crippen molar-refractivity contribution in [3.8, 4) is 0 Å². The Labute approximate surface area is 91.5 Å². The van der Waals surface area contributed by atoms with E-state index in [0.717, 1.165) is 18.8 Å². The quantitative estimate of drug-likeness (QED) is 0.533. The van der Waals surface area contributed by atoms with Gasteiger partial charge in [-0.05, 0) is 31.1 Å². The summed E-state index contributed by atoms with van der Waals surface area (Å²) in [7, 11) is -2.77. The third-order valence-electron chi connectivity index (χ3n) is 3.63. The minimum absolute atomic E-state index is 0.197. The van der Waals surface area contributed by atoms with Crippen LogP contribution in [0.2, 0.25) is 0 Å². The third-order valence-corrected chi connectivity index (χ3v) is 5.43. The van der Waals surface area contributed by atoms with E-state index in [0.29, 0.717) is 11.5 Å². The molecular weight excluding hydrogens is 212 g/mol. The van der Waals surface area contributed by atoms with Crippen molar-refractivity contribution in [2.75, 3.05) is 11.5 Å². The molecule has 2 unspecified atom stereocenters. The van der Waals surface area contributed by atoms with Crippen molar-refractivity contribution in [3.05, 3.63) is 0 Å². The monoisotopic (exact) mass is 232 g/mol. The highest BCUT2D eigenvalue weighted by Crippen LogP contribution is 2.35. The Morgan fingerprint density at radius 1 is 1.33 bits per heavy atom. The second kappa shape index (κ2) is 4.39. The lowest BCUT2D eigenvalue weighted by Crippen LogP contribution is -2.41. The van der Waals surface area contributed by atoms with E-state index in [2.05, 4.69) is 5.43 Å². The number of hydrogen-bond donors (Lipinski definition) is 2. The van der Waals surface area contributed by atoms with Crippen LogP contribution in [0.15, 0.2) is 0 Å². The predicted octanol–water partition coefficient (Wildman–Crippen LogP) is 0.443. The molecule has 0 spiro atoms. The van der Waals surface area contributed by atoms with Gasteiger partial charge >= 0.3 is 0 Å². The van der Waals surface area contributed by atoms with Gasteiger partial charge in [0.15, 0.2) is 9.84 Å². The van der Waals surface area contributed by atoms with E-state index in [4.69, 9.17) is 5.84 Å². The van der Waals surface area contributed by atoms with Crippen LogP contribution in [0.5, 0.6) is 0 Å². The van der Waals surface area contributed by atoms with Crippen molar-refractivity contribution in [1.29, 1.82) is 0 Å². The summed E-state index contributed by atoms with van der Waals surface area (Å²) in [5, 5.41) is 0. The third kappa shape index (κ3) is 3.16. The van der Waals surface area contributed by atoms with Crippen molar-refractivity contribution in [2.24, 2.45) is 17.7 Å². The van der Waals surface area contributed by atoms with E-state index < -0.39 is 9.84 Å². The number of nitrogens with two attached hydrogens (primary N) is 1. The van der Waals surface area contributed by atoms with E-state index in [-0.39, 0.29) is 12.0 Å². The molecule has 0 amide bonds. The van der Waals surface area contributed by atoms with Crippen molar-refractivity contribution in [3.63, 3.8) is 0 Å². The first-order valence-corrected chi connectivity index (χ1v) is 7.59. The van der Waals surface area contributed by atoms with Crippen LogP contribution in [0.4, 0.5) is 0 Å². The summed E-state index contributed by atoms with van der Waals surface area (Å²) >= 11 is 0. The van der Waals surface area contributed by atoms with Crippen molar-refractivity contribution in [2.45, 2.75) is 38.1 Å². The predicted molar refractivity (Wildman–Crippen MR) is 59.8 cm³/mol. The molecule has 88 valence electrons. The molecule has 0 aromatic rings. The zero-order valence-corrected chi connectivity index (χ0v) is 9.80. The highest BCUT2D eigenvalue weighted by molar-refractivity contribution is 7.91. The molecule has 1 aliphatic heterocycles. The fourth-order valence-electron chi connectivity index (χ4n) is 2.42. The first kappa shape index (κ1) is 11.4. The summed E-state index contributed by atoms with van der Waals surface area (Å²) in [6.07, 6.45) is 5.70. The van der Waals surface area contributed by atoms with E-state index in [1.807, 2.05) is 0 Å². The first-order valence-electron chi connectivity index (χ1n) is 5.77. The second-order valence-corrected chi connectivity index (χ2v) is 7.19. The maximum Gasteiger partial charge on any atom is 0.150 e. The summed E-state index contributed by atoms with van der Waals surface area (Å²) in [5.41, 5.74) is 2.80. The van der Waals surface area contributed by atoms with Crippen LogP contribution in [-0.2, 0) is 9.84 Å². The Bertz CT molecular complexity index is 311. The second-order valence-electron chi connectivity index (χ2n) is 4.96. The maximum absolute atomic E-state index is 11.3. The summed E-state index contributed by atoms with van der Waals surface area (Å²) in [4.78, 5) is 0. The molecule has 15 heavy (non-hydrogen) atoms. The van der Waals surface area contributed by atoms with Crippen LogP contribution in [0.3, 0.4) is 0 Å². The van der Waals surface area contributed by atoms with Gasteiger partial charge in [0.05, 0.1) is 11.5 Å². The zero-order valence-electron chi connectivity index (χ0n) is 8.98. The average molecular weight is 232 g/mol. The van der Waals surface area contributed by atoms with E-state index >= 15 is 0 Å². The molecule has 5 heteroatoms. The highest BCUT2D eigenvalue weighted by Gasteiger charge is 2.34. The lowest BCUT2D eigenvalue weighted by molar-refractivity contribution is 0.353. The Kier molecular flexibility index (Phi) is 3.33. The lowest BCUT2D eigenvalue weighted by atomic mass is 9.95. The number of rotatable bonds is 5. The number of sulfone groups is 1. The highest BCUT2D eigenvalue weighted by atomic mass is 32.2. The molecule has 2 atom stereocenters. The lowest BCUT2D eigenvalue weighted by Gasteiger charge is -2.21. The maximum atomic E-state index is 11.3. The van der Waals surface area contributed by atoms with Gasteiger partial charge in [-0.25, -0.2) is 8.42 Å². The summed E-state index contributed by atoms with van der Waals surface area (Å²) in [5.74, 6) is 7.30. The van der Waals surface area contributed by atoms with Crippen LogP contribution >= 0.6 is 0 Å². The Morgan fingerprint density at radius 3 is 2.53 bits per heavy atom. The molecule has 1 aliphatic carbocycles. The molecule has 4 nitrogen and oxygen atoms in total. The van der Waals surface area contributed by atoms with Crippen molar-refractivity contribution in [1.82, 2.24) is 5.43 Å². The van der Waals surface area contributed by atoms with Gasteiger partial charge in [-0.15, -0.1) is 0 Å². The minimum Gasteiger partial charge on any atom is -0.271 e. The Morgan fingerprint density at radius 2 is 2.07 bits per heavy atom. The summed E-state index contributed by atoms with van der Waals surface area (Å²) in [6.45, 7) is 0. The molecule has 0 radical (unpaired) electrons. The van der Waals surface area contributed by atoms with Gasteiger partial charge < -0.3 is 0 Å². The number of nitrogens with one attached hydrogen (secondary N) is 1. The molecular formula is C10H20N2O2S. The van der Waals surface area contributed by atoms with Crippen LogP contribution in [-0.4, -0.2) is 26.0 Å². The van der Waals surface area contributed by atoms with Gasteiger partial charge in [-0.2, -0.15) is 0 Å². The molecule has 0 aromatic carbocycles. The molecule has 0 bridgehead atoms. The standard InChI is InChI=1S/C10H20N2O2S/c11-12-10(4-3-8-1-2-8)9-5-6-15(13,14)7-9/h8-10,12H,1-7,11H2. The molecule has 2 rings (SSSR count). The minimum atomic E-state index is -2.77. The van der Waals surface area contributed by atoms with Gasteiger partial charge in [-0.3, -0.25) is 11.3 Å². The van der Waals surface area contributed by atoms with Gasteiger partial charge in [0, 0.05) is 6.04 Å². The van der Waals surface area contributed by atoms with Crippen LogP contribution in [0.25, 0.3) is 0 Å². The Hall–Kier alpha value is -0.130. The number of hydrazine groups is 1. The zero-order chi connectivity index (χ0) is 10.9. The summed E-state index contributed by atoms with van der Waals surface area (Å²) in [6, 6.07) is 0.197. The van der Waals surface area contributed by atoms with Gasteiger partial charge in [0.2, 0.25) is 0 Å². The first-order chi connectivity index (χ1) is 7.11. The molecule has 1 saturated carbocycles. The fraction of sp³-hybridized carbons (Fsp3) is 1.00. The SMILES string of the molecule is NNC(CCC1CC1)C1CCS(=O)(=O)C1. The van der Waals surface area contributed by atoms with Crippen LogP contribution < -0.4 is 11.3 Å². The average Bonchev–Trinajstić information content (AvgIpc) is 2.92. The molecule has 2 aliphatic rings. The fourth-order valence-corrected chi connectivity index (χ4v) is 4.30. The van der Waals surface area contributed by atoms with Crippen LogP contribution in [0, 0.1) is 11.8 Å². The molecule has 1 heterocycles. The van der Waals surface area contributed by atoms with E-state index in [9.17, 15) is 8.42 Å². The molecule has 3 N–H and O–H groups in total. The molecule has 0 aromatic heterocycles. The summed E-state index contributed by atoms with van der Waals surface area (Å²) < 4.78 is 22.7. The van der Waals surface area contributed by atoms with Crippen molar-refractivity contribution >= 4 is 9.84 Å². The molecule has 2 fully saturated rings. The van der Waals surface area contributed by atoms with E-state index in [1.54, 1.807) is 0 Å². The van der Waals surface area contributed by atoms with E-state index in [1.165, 1.54) is 19.3 Å². The van der Waals surface area contributed by atoms with Gasteiger partial charge in [0.25, 0.3) is 0 Å². The Balaban J connectivity index is 1.83. The smallest absolute Gasteiger partial charge is 0.150 e. The normalized spacial score (nSPS) is 31.7. The molecule has 1 saturated heterocycles. The van der Waals surface area contributed by atoms with Gasteiger partial charge in [-0.1, -0.05) is 12.8 Å². The topological polar surface area (TPSA) is 72.2 Å². The van der Waals surface area contributed by atoms with Gasteiger partial charge in [0.1, 0.15) is 0 Å². The van der Waals surface area contributed by atoms with Crippen LogP contribution in [0.1, 0.15) is 32.1 Å². The largest absolute Gasteiger partial charge is 0.271 e. The van der Waals surface area contributed by atoms with Crippen molar-refractivity contribution < 1.29 is 8.42 Å². The number of hydrogen-bond acceptors (Lipinski definition) is 4.